The van der Waals surface area contributed by atoms with Crippen LogP contribution in [0, 0.1) is 6.57 Å². The normalized spacial score (nSPS) is 11.8. The first-order valence-electron chi connectivity index (χ1n) is 10.4. The molecule has 0 amide bonds. The molecule has 0 radical (unpaired) electrons. The number of benzene rings is 2. The number of hydrogen-bond acceptors (Lipinski definition) is 7. The first-order chi connectivity index (χ1) is 16.6. The lowest BCUT2D eigenvalue weighted by Crippen LogP contribution is -2.35. The van der Waals surface area contributed by atoms with Crippen molar-refractivity contribution < 1.29 is 4.68 Å². The number of rotatable bonds is 5. The Morgan fingerprint density at radius 2 is 2.03 bits per heavy atom. The van der Waals surface area contributed by atoms with E-state index in [2.05, 4.69) is 35.7 Å². The summed E-state index contributed by atoms with van der Waals surface area (Å²) in [4.78, 5) is 25.5. The summed E-state index contributed by atoms with van der Waals surface area (Å²) in [5, 5.41) is 14.8. The number of tetrazole rings is 1. The summed E-state index contributed by atoms with van der Waals surface area (Å²) < 4.78 is 3.24. The van der Waals surface area contributed by atoms with Gasteiger partial charge in [0.2, 0.25) is 11.6 Å². The van der Waals surface area contributed by atoms with Gasteiger partial charge in [0, 0.05) is 17.6 Å². The van der Waals surface area contributed by atoms with E-state index >= 15 is 0 Å². The van der Waals surface area contributed by atoms with E-state index in [1.54, 1.807) is 9.25 Å². The predicted octanol–water partition coefficient (Wildman–Crippen LogP) is 2.48. The van der Waals surface area contributed by atoms with Gasteiger partial charge < -0.3 is 11.1 Å². The highest BCUT2D eigenvalue weighted by molar-refractivity contribution is 5.88. The Morgan fingerprint density at radius 3 is 2.76 bits per heavy atom. The van der Waals surface area contributed by atoms with Crippen LogP contribution in [0.25, 0.3) is 27.0 Å². The Balaban J connectivity index is 1.74. The lowest BCUT2D eigenvalue weighted by molar-refractivity contribution is -0.659. The maximum Gasteiger partial charge on any atom is 0.293 e. The van der Waals surface area contributed by atoms with E-state index in [0.717, 1.165) is 5.39 Å². The van der Waals surface area contributed by atoms with Gasteiger partial charge in [-0.3, -0.25) is 9.36 Å². The summed E-state index contributed by atoms with van der Waals surface area (Å²) in [6.45, 7) is 9.30. The van der Waals surface area contributed by atoms with E-state index in [4.69, 9.17) is 12.3 Å². The molecule has 0 aliphatic heterocycles. The number of nitrogens with zero attached hydrogens (tertiary/aromatic N) is 7. The zero-order valence-corrected chi connectivity index (χ0v) is 18.0. The summed E-state index contributed by atoms with van der Waals surface area (Å²) in [5.41, 5.74) is 7.78. The highest BCUT2D eigenvalue weighted by atomic mass is 16.1. The largest absolute Gasteiger partial charge is 0.371 e. The number of nitrogen functional groups attached to an aromatic ring is 1. The topological polar surface area (TPSA) is 136 Å². The molecule has 11 heteroatoms. The fourth-order valence-corrected chi connectivity index (χ4v) is 3.88. The Kier molecular flexibility index (Phi) is 5.15. The zero-order valence-electron chi connectivity index (χ0n) is 18.0. The number of aromatic nitrogens is 7. The molecule has 0 bridgehead atoms. The van der Waals surface area contributed by atoms with Crippen molar-refractivity contribution in [3.63, 3.8) is 0 Å². The maximum atomic E-state index is 14.0. The minimum Gasteiger partial charge on any atom is -0.371 e. The van der Waals surface area contributed by atoms with Crippen molar-refractivity contribution in [2.24, 2.45) is 0 Å². The van der Waals surface area contributed by atoms with E-state index in [0.29, 0.717) is 28.3 Å². The van der Waals surface area contributed by atoms with Crippen LogP contribution in [0.2, 0.25) is 0 Å². The molecule has 3 heterocycles. The smallest absolute Gasteiger partial charge is 0.293 e. The van der Waals surface area contributed by atoms with Gasteiger partial charge >= 0.3 is 0 Å². The second-order valence-electron chi connectivity index (χ2n) is 7.53. The number of aromatic amines is 1. The fourth-order valence-electron chi connectivity index (χ4n) is 3.88. The van der Waals surface area contributed by atoms with E-state index in [-0.39, 0.29) is 17.2 Å². The molecule has 0 unspecified atom stereocenters. The Labute approximate surface area is 193 Å². The highest BCUT2D eigenvalue weighted by Crippen LogP contribution is 2.29. The summed E-state index contributed by atoms with van der Waals surface area (Å²) >= 11 is 0. The number of hydrogen-bond donors (Lipinski definition) is 3. The molecule has 5 rings (SSSR count). The number of nitrogens with one attached hydrogen (secondary N) is 2. The first kappa shape index (κ1) is 20.8. The van der Waals surface area contributed by atoms with Crippen LogP contribution in [0.1, 0.15) is 18.7 Å². The highest BCUT2D eigenvalue weighted by Gasteiger charge is 2.21. The van der Waals surface area contributed by atoms with Crippen molar-refractivity contribution >= 4 is 28.2 Å². The second kappa shape index (κ2) is 8.44. The average Bonchev–Trinajstić information content (AvgIpc) is 3.39. The van der Waals surface area contributed by atoms with Crippen molar-refractivity contribution in [2.75, 3.05) is 11.1 Å². The summed E-state index contributed by atoms with van der Waals surface area (Å²) in [6.07, 6.45) is 2.88. The lowest BCUT2D eigenvalue weighted by Gasteiger charge is -2.22. The van der Waals surface area contributed by atoms with Crippen LogP contribution in [0.5, 0.6) is 0 Å². The van der Waals surface area contributed by atoms with Gasteiger partial charge in [-0.25, -0.2) is 14.8 Å². The van der Waals surface area contributed by atoms with Crippen LogP contribution in [-0.2, 0) is 0 Å². The molecular weight excluding hydrogens is 432 g/mol. The summed E-state index contributed by atoms with van der Waals surface area (Å²) in [5.74, 6) is 0.353. The van der Waals surface area contributed by atoms with Crippen LogP contribution >= 0.6 is 0 Å². The predicted molar refractivity (Wildman–Crippen MR) is 126 cm³/mol. The molecule has 0 saturated carbocycles. The van der Waals surface area contributed by atoms with E-state index in [1.807, 2.05) is 61.5 Å². The first-order valence-corrected chi connectivity index (χ1v) is 10.4. The Bertz CT molecular complexity index is 1590. The Morgan fingerprint density at radius 1 is 1.21 bits per heavy atom. The van der Waals surface area contributed by atoms with Gasteiger partial charge in [-0.2, -0.15) is 0 Å². The molecule has 1 atom stereocenters. The van der Waals surface area contributed by atoms with Gasteiger partial charge in [-0.1, -0.05) is 35.5 Å². The molecule has 5 aromatic rings. The number of fused-ring (bicyclic) bond motifs is 1. The summed E-state index contributed by atoms with van der Waals surface area (Å²) in [6, 6.07) is 16.5. The van der Waals surface area contributed by atoms with Crippen molar-refractivity contribution in [3.05, 3.63) is 94.6 Å². The van der Waals surface area contributed by atoms with Gasteiger partial charge in [0.25, 0.3) is 11.9 Å². The van der Waals surface area contributed by atoms with Crippen molar-refractivity contribution in [2.45, 2.75) is 13.0 Å². The molecule has 2 aromatic carbocycles. The van der Waals surface area contributed by atoms with E-state index in [9.17, 15) is 4.79 Å². The molecule has 11 nitrogen and oxygen atoms in total. The van der Waals surface area contributed by atoms with Gasteiger partial charge in [0.1, 0.15) is 16.6 Å². The molecule has 0 saturated heterocycles. The third kappa shape index (κ3) is 3.59. The number of para-hydroxylation sites is 1. The molecule has 166 valence electrons. The molecule has 0 aliphatic rings. The second-order valence-corrected chi connectivity index (χ2v) is 7.53. The number of pyridine rings is 1. The van der Waals surface area contributed by atoms with Gasteiger partial charge in [0.15, 0.2) is 5.21 Å². The van der Waals surface area contributed by atoms with E-state index < -0.39 is 6.04 Å². The van der Waals surface area contributed by atoms with Crippen LogP contribution in [-0.4, -0.2) is 30.1 Å². The third-order valence-electron chi connectivity index (χ3n) is 5.41. The fraction of sp³-hybridized carbons (Fsp3) is 0.0870. The quantitative estimate of drug-likeness (QED) is 0.276. The minimum atomic E-state index is -0.405. The van der Waals surface area contributed by atoms with Gasteiger partial charge in [-0.15, -0.1) is 4.68 Å². The van der Waals surface area contributed by atoms with Crippen molar-refractivity contribution in [3.8, 4) is 11.4 Å². The lowest BCUT2D eigenvalue weighted by atomic mass is 10.1. The van der Waals surface area contributed by atoms with Gasteiger partial charge in [-0.05, 0) is 36.6 Å². The number of H-pyrrole nitrogens is 1. The monoisotopic (exact) mass is 451 g/mol. The third-order valence-corrected chi connectivity index (χ3v) is 5.41. The molecule has 0 spiro atoms. The minimum absolute atomic E-state index is 0.0518. The number of nitrogens with two attached hydrogens (primary N) is 1. The molecule has 0 fully saturated rings. The van der Waals surface area contributed by atoms with Crippen LogP contribution in [0.3, 0.4) is 0 Å². The van der Waals surface area contributed by atoms with Crippen LogP contribution in [0.15, 0.2) is 71.9 Å². The van der Waals surface area contributed by atoms with E-state index in [1.165, 1.54) is 12.5 Å². The van der Waals surface area contributed by atoms with Gasteiger partial charge in [0.05, 0.1) is 18.0 Å². The molecule has 0 aliphatic carbocycles. The van der Waals surface area contributed by atoms with Crippen LogP contribution in [0.4, 0.5) is 17.5 Å². The maximum absolute atomic E-state index is 14.0. The number of anilines is 2. The van der Waals surface area contributed by atoms with Crippen LogP contribution < -0.4 is 21.3 Å². The zero-order chi connectivity index (χ0) is 23.7. The molecule has 3 aromatic heterocycles. The average molecular weight is 451 g/mol. The van der Waals surface area contributed by atoms with Crippen molar-refractivity contribution in [1.29, 1.82) is 0 Å². The Hall–Kier alpha value is -5.11. The molecule has 34 heavy (non-hydrogen) atoms. The summed E-state index contributed by atoms with van der Waals surface area (Å²) in [7, 11) is 0. The standard InChI is InChI=1S/C23H18N10O/c1-14(28-21-17(25-2)12-26-23(24)29-21)19-11-15-7-6-10-18(32-13-27-30-31-32)20(15)22(34)33(19)16-8-4-3-5-9-16/h3-14H,1H3,(H3,24,26,28,29)/p+1/t14-/m0/s1. The molecule has 4 N–H and O–H groups in total. The van der Waals surface area contributed by atoms with Crippen molar-refractivity contribution in [1.82, 2.24) is 30.1 Å². The molecular formula is C23H19N10O+. The SMILES string of the molecule is [C-]#[N+]c1cnc(N)nc1N[C@@H](C)c1cc2cccc(-[n+]3cnn[nH]3)c2c(=O)n1-c1ccccc1.